The molecule has 0 saturated heterocycles. The molecule has 1 heterocycles. The normalized spacial score (nSPS) is 10.9. The number of hydrogen-bond donors (Lipinski definition) is 1. The van der Waals surface area contributed by atoms with Crippen molar-refractivity contribution in [3.05, 3.63) is 59.3 Å². The lowest BCUT2D eigenvalue weighted by Crippen LogP contribution is -2.16. The van der Waals surface area contributed by atoms with E-state index < -0.39 is 0 Å². The van der Waals surface area contributed by atoms with E-state index in [1.54, 1.807) is 25.3 Å². The molecule has 1 aromatic heterocycles. The maximum Gasteiger partial charge on any atom is 0.129 e. The molecular formula is C16H20FNO2. The van der Waals surface area contributed by atoms with Crippen molar-refractivity contribution in [2.75, 3.05) is 13.2 Å². The number of nitrogens with one attached hydrogen (secondary N) is 1. The topological polar surface area (TPSA) is 34.4 Å². The van der Waals surface area contributed by atoms with Crippen LogP contribution in [0.4, 0.5) is 4.39 Å². The Labute approximate surface area is 118 Å². The number of benzene rings is 1. The molecule has 0 atom stereocenters. The van der Waals surface area contributed by atoms with E-state index in [9.17, 15) is 4.39 Å². The minimum Gasteiger partial charge on any atom is -0.467 e. The summed E-state index contributed by atoms with van der Waals surface area (Å²) in [6, 6.07) is 9.07. The van der Waals surface area contributed by atoms with Crippen LogP contribution in [0.5, 0.6) is 0 Å². The fourth-order valence-electron chi connectivity index (χ4n) is 1.85. The Morgan fingerprint density at radius 1 is 1.30 bits per heavy atom. The third-order valence-corrected chi connectivity index (χ3v) is 3.03. The van der Waals surface area contributed by atoms with E-state index >= 15 is 0 Å². The first-order valence-corrected chi connectivity index (χ1v) is 6.81. The molecule has 0 bridgehead atoms. The lowest BCUT2D eigenvalue weighted by atomic mass is 10.1. The van der Waals surface area contributed by atoms with E-state index in [1.165, 1.54) is 0 Å². The van der Waals surface area contributed by atoms with E-state index in [0.29, 0.717) is 25.3 Å². The van der Waals surface area contributed by atoms with Crippen LogP contribution in [0.15, 0.2) is 41.0 Å². The van der Waals surface area contributed by atoms with Crippen LogP contribution in [-0.2, 0) is 17.9 Å². The van der Waals surface area contributed by atoms with Crippen LogP contribution < -0.4 is 5.32 Å². The molecule has 20 heavy (non-hydrogen) atoms. The van der Waals surface area contributed by atoms with Gasteiger partial charge in [-0.05, 0) is 49.2 Å². The van der Waals surface area contributed by atoms with Crippen molar-refractivity contribution in [2.45, 2.75) is 26.5 Å². The zero-order valence-electron chi connectivity index (χ0n) is 11.7. The molecule has 1 N–H and O–H groups in total. The molecule has 0 fully saturated rings. The van der Waals surface area contributed by atoms with Gasteiger partial charge in [0.25, 0.3) is 0 Å². The van der Waals surface area contributed by atoms with Gasteiger partial charge in [0.15, 0.2) is 0 Å². The summed E-state index contributed by atoms with van der Waals surface area (Å²) >= 11 is 0. The van der Waals surface area contributed by atoms with E-state index in [0.717, 1.165) is 24.3 Å². The number of aryl methyl sites for hydroxylation is 1. The highest BCUT2D eigenvalue weighted by molar-refractivity contribution is 5.23. The van der Waals surface area contributed by atoms with Crippen LogP contribution in [0.3, 0.4) is 0 Å². The van der Waals surface area contributed by atoms with Gasteiger partial charge in [-0.2, -0.15) is 0 Å². The molecule has 0 spiro atoms. The minimum absolute atomic E-state index is 0.147. The molecule has 2 aromatic rings. The first-order valence-electron chi connectivity index (χ1n) is 6.81. The monoisotopic (exact) mass is 277 g/mol. The Morgan fingerprint density at radius 3 is 2.95 bits per heavy atom. The minimum atomic E-state index is -0.147. The molecule has 0 aliphatic heterocycles. The molecular weight excluding hydrogens is 257 g/mol. The second-order valence-corrected chi connectivity index (χ2v) is 4.75. The summed E-state index contributed by atoms with van der Waals surface area (Å²) in [5, 5.41) is 3.27. The highest BCUT2D eigenvalue weighted by atomic mass is 19.1. The predicted octanol–water partition coefficient (Wildman–Crippen LogP) is 3.42. The third kappa shape index (κ3) is 4.79. The van der Waals surface area contributed by atoms with Gasteiger partial charge in [-0.25, -0.2) is 4.39 Å². The van der Waals surface area contributed by atoms with Crippen LogP contribution in [0.2, 0.25) is 0 Å². The molecule has 4 heteroatoms. The maximum atomic E-state index is 13.3. The molecule has 108 valence electrons. The van der Waals surface area contributed by atoms with Gasteiger partial charge >= 0.3 is 0 Å². The van der Waals surface area contributed by atoms with E-state index in [2.05, 4.69) is 5.32 Å². The average molecular weight is 277 g/mol. The zero-order chi connectivity index (χ0) is 14.2. The second-order valence-electron chi connectivity index (χ2n) is 4.75. The van der Waals surface area contributed by atoms with Crippen LogP contribution in [0.25, 0.3) is 0 Å². The van der Waals surface area contributed by atoms with Gasteiger partial charge in [0.1, 0.15) is 18.2 Å². The van der Waals surface area contributed by atoms with Gasteiger partial charge in [-0.1, -0.05) is 12.1 Å². The molecule has 0 amide bonds. The Kier molecular flexibility index (Phi) is 5.77. The second kappa shape index (κ2) is 7.82. The SMILES string of the molecule is Cc1ccc(CNCCCOCc2ccco2)cc1F. The summed E-state index contributed by atoms with van der Waals surface area (Å²) in [5.41, 5.74) is 1.64. The first-order chi connectivity index (χ1) is 9.75. The lowest BCUT2D eigenvalue weighted by Gasteiger charge is -2.06. The molecule has 0 saturated carbocycles. The average Bonchev–Trinajstić information content (AvgIpc) is 2.95. The smallest absolute Gasteiger partial charge is 0.129 e. The summed E-state index contributed by atoms with van der Waals surface area (Å²) in [4.78, 5) is 0. The molecule has 1 aromatic carbocycles. The number of halogens is 1. The summed E-state index contributed by atoms with van der Waals surface area (Å²) in [7, 11) is 0. The maximum absolute atomic E-state index is 13.3. The molecule has 0 aliphatic carbocycles. The largest absolute Gasteiger partial charge is 0.467 e. The van der Waals surface area contributed by atoms with Crippen molar-refractivity contribution in [2.24, 2.45) is 0 Å². The highest BCUT2D eigenvalue weighted by Crippen LogP contribution is 2.08. The van der Waals surface area contributed by atoms with Gasteiger partial charge in [0, 0.05) is 13.2 Å². The highest BCUT2D eigenvalue weighted by Gasteiger charge is 1.99. The lowest BCUT2D eigenvalue weighted by molar-refractivity contribution is 0.104. The summed E-state index contributed by atoms with van der Waals surface area (Å²) in [6.07, 6.45) is 2.55. The van der Waals surface area contributed by atoms with E-state index in [-0.39, 0.29) is 5.82 Å². The fourth-order valence-corrected chi connectivity index (χ4v) is 1.85. The number of furan rings is 1. The van der Waals surface area contributed by atoms with Crippen molar-refractivity contribution in [1.82, 2.24) is 5.32 Å². The summed E-state index contributed by atoms with van der Waals surface area (Å²) in [6.45, 7) is 4.47. The third-order valence-electron chi connectivity index (χ3n) is 3.03. The van der Waals surface area contributed by atoms with Crippen molar-refractivity contribution >= 4 is 0 Å². The van der Waals surface area contributed by atoms with Crippen molar-refractivity contribution in [3.8, 4) is 0 Å². The fraction of sp³-hybridized carbons (Fsp3) is 0.375. The molecule has 0 unspecified atom stereocenters. The van der Waals surface area contributed by atoms with Gasteiger partial charge in [-0.3, -0.25) is 0 Å². The van der Waals surface area contributed by atoms with Crippen LogP contribution in [0.1, 0.15) is 23.3 Å². The first kappa shape index (κ1) is 14.8. The van der Waals surface area contributed by atoms with Crippen molar-refractivity contribution in [1.29, 1.82) is 0 Å². The standard InChI is InChI=1S/C16H20FNO2/c1-13-5-6-14(10-16(13)17)11-18-7-3-8-19-12-15-4-2-9-20-15/h2,4-6,9-10,18H,3,7-8,11-12H2,1H3. The molecule has 3 nitrogen and oxygen atoms in total. The summed E-state index contributed by atoms with van der Waals surface area (Å²) < 4.78 is 24.0. The Hall–Kier alpha value is -1.65. The number of rotatable bonds is 8. The Balaban J connectivity index is 1.54. The molecule has 2 rings (SSSR count). The number of ether oxygens (including phenoxy) is 1. The zero-order valence-corrected chi connectivity index (χ0v) is 11.7. The number of hydrogen-bond acceptors (Lipinski definition) is 3. The van der Waals surface area contributed by atoms with Crippen LogP contribution >= 0.6 is 0 Å². The predicted molar refractivity (Wildman–Crippen MR) is 75.8 cm³/mol. The summed E-state index contributed by atoms with van der Waals surface area (Å²) in [5.74, 6) is 0.694. The van der Waals surface area contributed by atoms with Crippen molar-refractivity contribution < 1.29 is 13.5 Å². The van der Waals surface area contributed by atoms with Gasteiger partial charge < -0.3 is 14.5 Å². The Bertz CT molecular complexity index is 511. The van der Waals surface area contributed by atoms with E-state index in [1.807, 2.05) is 18.2 Å². The molecule has 0 aliphatic rings. The van der Waals surface area contributed by atoms with Crippen LogP contribution in [0, 0.1) is 12.7 Å². The molecule has 0 radical (unpaired) electrons. The van der Waals surface area contributed by atoms with Gasteiger partial charge in [-0.15, -0.1) is 0 Å². The Morgan fingerprint density at radius 2 is 2.20 bits per heavy atom. The van der Waals surface area contributed by atoms with E-state index in [4.69, 9.17) is 9.15 Å². The van der Waals surface area contributed by atoms with Crippen molar-refractivity contribution in [3.63, 3.8) is 0 Å². The van der Waals surface area contributed by atoms with Gasteiger partial charge in [0.05, 0.1) is 6.26 Å². The van der Waals surface area contributed by atoms with Crippen LogP contribution in [-0.4, -0.2) is 13.2 Å². The quantitative estimate of drug-likeness (QED) is 0.751. The van der Waals surface area contributed by atoms with Gasteiger partial charge in [0.2, 0.25) is 0 Å².